The number of ether oxygens (including phenoxy) is 1. The van der Waals surface area contributed by atoms with Crippen molar-refractivity contribution in [1.82, 2.24) is 9.62 Å². The molecule has 0 saturated carbocycles. The van der Waals surface area contributed by atoms with Crippen LogP contribution in [-0.2, 0) is 20.0 Å². The Morgan fingerprint density at radius 3 is 2.22 bits per heavy atom. The Bertz CT molecular complexity index is 1400. The lowest BCUT2D eigenvalue weighted by atomic mass is 10.2. The minimum atomic E-state index is -3.77. The number of carbonyl (C=O) groups excluding carboxylic acids is 1. The Morgan fingerprint density at radius 2 is 1.53 bits per heavy atom. The van der Waals surface area contributed by atoms with Crippen molar-refractivity contribution in [1.29, 1.82) is 0 Å². The van der Waals surface area contributed by atoms with Gasteiger partial charge in [-0.1, -0.05) is 24.3 Å². The first-order valence-corrected chi connectivity index (χ1v) is 14.4. The molecule has 1 aliphatic rings. The summed E-state index contributed by atoms with van der Waals surface area (Å²) in [6.07, 6.45) is 1.75. The fraction of sp³-hybridized carbons (Fsp3) is 0.240. The van der Waals surface area contributed by atoms with E-state index >= 15 is 0 Å². The van der Waals surface area contributed by atoms with E-state index in [2.05, 4.69) is 10.0 Å². The Morgan fingerprint density at radius 1 is 0.833 bits per heavy atom. The molecule has 0 unspecified atom stereocenters. The molecule has 2 N–H and O–H groups in total. The molecule has 36 heavy (non-hydrogen) atoms. The quantitative estimate of drug-likeness (QED) is 0.389. The van der Waals surface area contributed by atoms with Crippen molar-refractivity contribution in [3.8, 4) is 5.75 Å². The SMILES string of the molecule is O=C(NCCOc1ccc(S(=O)(=O)N2CCCC2)cc1)c1cccc(NS(=O)(=O)c2ccccc2)c1. The van der Waals surface area contributed by atoms with Gasteiger partial charge in [0.1, 0.15) is 12.4 Å². The van der Waals surface area contributed by atoms with Crippen molar-refractivity contribution in [2.75, 3.05) is 31.0 Å². The Kier molecular flexibility index (Phi) is 7.92. The van der Waals surface area contributed by atoms with Gasteiger partial charge >= 0.3 is 0 Å². The molecule has 1 saturated heterocycles. The smallest absolute Gasteiger partial charge is 0.261 e. The Labute approximate surface area is 211 Å². The summed E-state index contributed by atoms with van der Waals surface area (Å²) in [6, 6.07) is 20.4. The number of rotatable bonds is 10. The first kappa shape index (κ1) is 25.7. The minimum Gasteiger partial charge on any atom is -0.492 e. The lowest BCUT2D eigenvalue weighted by Crippen LogP contribution is -2.28. The number of nitrogens with one attached hydrogen (secondary N) is 2. The third-order valence-corrected chi connectivity index (χ3v) is 8.92. The highest BCUT2D eigenvalue weighted by Gasteiger charge is 2.27. The molecule has 1 amide bonds. The zero-order valence-electron chi connectivity index (χ0n) is 19.5. The molecule has 0 aliphatic carbocycles. The van der Waals surface area contributed by atoms with E-state index in [4.69, 9.17) is 4.74 Å². The van der Waals surface area contributed by atoms with Gasteiger partial charge in [0, 0.05) is 24.3 Å². The van der Waals surface area contributed by atoms with Gasteiger partial charge in [-0.15, -0.1) is 0 Å². The second kappa shape index (κ2) is 11.1. The van der Waals surface area contributed by atoms with Crippen molar-refractivity contribution in [2.45, 2.75) is 22.6 Å². The Hall–Kier alpha value is -3.41. The van der Waals surface area contributed by atoms with E-state index in [1.54, 1.807) is 48.5 Å². The first-order chi connectivity index (χ1) is 17.3. The third-order valence-electron chi connectivity index (χ3n) is 5.61. The number of anilines is 1. The molecule has 4 rings (SSSR count). The Balaban J connectivity index is 1.27. The number of hydrogen-bond donors (Lipinski definition) is 2. The zero-order valence-corrected chi connectivity index (χ0v) is 21.1. The third kappa shape index (κ3) is 6.23. The minimum absolute atomic E-state index is 0.124. The number of hydrogen-bond acceptors (Lipinski definition) is 6. The summed E-state index contributed by atoms with van der Waals surface area (Å²) in [7, 11) is -7.24. The van der Waals surface area contributed by atoms with Crippen molar-refractivity contribution < 1.29 is 26.4 Å². The maximum Gasteiger partial charge on any atom is 0.261 e. The number of amides is 1. The normalized spacial score (nSPS) is 14.3. The molecule has 0 bridgehead atoms. The molecule has 0 spiro atoms. The molecule has 3 aromatic rings. The average Bonchev–Trinajstić information content (AvgIpc) is 3.43. The van der Waals surface area contributed by atoms with Crippen LogP contribution in [0, 0.1) is 0 Å². The van der Waals surface area contributed by atoms with Crippen molar-refractivity contribution >= 4 is 31.6 Å². The predicted molar refractivity (Wildman–Crippen MR) is 136 cm³/mol. The highest BCUT2D eigenvalue weighted by molar-refractivity contribution is 7.92. The number of benzene rings is 3. The van der Waals surface area contributed by atoms with Crippen LogP contribution < -0.4 is 14.8 Å². The topological polar surface area (TPSA) is 122 Å². The van der Waals surface area contributed by atoms with Gasteiger partial charge in [-0.2, -0.15) is 4.31 Å². The van der Waals surface area contributed by atoms with Gasteiger partial charge < -0.3 is 10.1 Å². The maximum atomic E-state index is 12.6. The maximum absolute atomic E-state index is 12.6. The molecule has 1 aliphatic heterocycles. The van der Waals surface area contributed by atoms with Crippen molar-refractivity contribution in [2.24, 2.45) is 0 Å². The average molecular weight is 530 g/mol. The summed E-state index contributed by atoms with van der Waals surface area (Å²) in [6.45, 7) is 1.46. The van der Waals surface area contributed by atoms with E-state index in [9.17, 15) is 21.6 Å². The molecule has 11 heteroatoms. The molecule has 0 aromatic heterocycles. The summed E-state index contributed by atoms with van der Waals surface area (Å²) in [5.74, 6) is 0.105. The summed E-state index contributed by atoms with van der Waals surface area (Å²) in [5.41, 5.74) is 0.562. The van der Waals surface area contributed by atoms with Gasteiger partial charge in [0.15, 0.2) is 0 Å². The molecule has 190 valence electrons. The summed E-state index contributed by atoms with van der Waals surface area (Å²) < 4.78 is 59.8. The lowest BCUT2D eigenvalue weighted by molar-refractivity contribution is 0.0947. The second-order valence-corrected chi connectivity index (χ2v) is 11.8. The summed E-state index contributed by atoms with van der Waals surface area (Å²) in [4.78, 5) is 12.9. The van der Waals surface area contributed by atoms with Crippen LogP contribution in [0.2, 0.25) is 0 Å². The molecule has 0 radical (unpaired) electrons. The molecule has 0 atom stereocenters. The van der Waals surface area contributed by atoms with Gasteiger partial charge in [0.05, 0.1) is 16.3 Å². The zero-order chi connectivity index (χ0) is 25.6. The van der Waals surface area contributed by atoms with Gasteiger partial charge in [0.25, 0.3) is 15.9 Å². The monoisotopic (exact) mass is 529 g/mol. The van der Waals surface area contributed by atoms with Gasteiger partial charge in [0.2, 0.25) is 10.0 Å². The highest BCUT2D eigenvalue weighted by Crippen LogP contribution is 2.23. The lowest BCUT2D eigenvalue weighted by Gasteiger charge is -2.15. The molecule has 1 fully saturated rings. The molecule has 3 aromatic carbocycles. The molecular weight excluding hydrogens is 502 g/mol. The van der Waals surface area contributed by atoms with Crippen LogP contribution in [0.15, 0.2) is 88.7 Å². The van der Waals surface area contributed by atoms with Crippen molar-refractivity contribution in [3.05, 3.63) is 84.4 Å². The number of sulfonamides is 2. The van der Waals surface area contributed by atoms with E-state index in [-0.39, 0.29) is 34.5 Å². The van der Waals surface area contributed by atoms with Crippen LogP contribution in [0.25, 0.3) is 0 Å². The summed E-state index contributed by atoms with van der Waals surface area (Å²) in [5, 5.41) is 2.72. The van der Waals surface area contributed by atoms with Crippen molar-refractivity contribution in [3.63, 3.8) is 0 Å². The van der Waals surface area contributed by atoms with E-state index in [0.29, 0.717) is 24.4 Å². The largest absolute Gasteiger partial charge is 0.492 e. The van der Waals surface area contributed by atoms with Crippen LogP contribution >= 0.6 is 0 Å². The fourth-order valence-corrected chi connectivity index (χ4v) is 6.35. The second-order valence-electron chi connectivity index (χ2n) is 8.19. The fourth-order valence-electron chi connectivity index (χ4n) is 3.76. The van der Waals surface area contributed by atoms with E-state index in [1.807, 2.05) is 0 Å². The highest BCUT2D eigenvalue weighted by atomic mass is 32.2. The van der Waals surface area contributed by atoms with Crippen LogP contribution in [0.5, 0.6) is 5.75 Å². The van der Waals surface area contributed by atoms with Gasteiger partial charge in [-0.3, -0.25) is 9.52 Å². The number of nitrogens with zero attached hydrogens (tertiary/aromatic N) is 1. The van der Waals surface area contributed by atoms with E-state index in [1.165, 1.54) is 34.6 Å². The molecular formula is C25H27N3O6S2. The number of carbonyl (C=O) groups is 1. The van der Waals surface area contributed by atoms with E-state index in [0.717, 1.165) is 12.8 Å². The van der Waals surface area contributed by atoms with Crippen LogP contribution in [-0.4, -0.2) is 53.3 Å². The summed E-state index contributed by atoms with van der Waals surface area (Å²) >= 11 is 0. The van der Waals surface area contributed by atoms with E-state index < -0.39 is 20.0 Å². The van der Waals surface area contributed by atoms with Crippen LogP contribution in [0.4, 0.5) is 5.69 Å². The van der Waals surface area contributed by atoms with Gasteiger partial charge in [-0.25, -0.2) is 16.8 Å². The molecule has 9 nitrogen and oxygen atoms in total. The van der Waals surface area contributed by atoms with Crippen LogP contribution in [0.3, 0.4) is 0 Å². The standard InChI is InChI=1S/C25H27N3O6S2/c29-25(20-7-6-8-21(19-20)27-35(30,31)23-9-2-1-3-10-23)26-15-18-34-22-11-13-24(14-12-22)36(32,33)28-16-4-5-17-28/h1-3,6-14,19,27H,4-5,15-18H2,(H,26,29). The first-order valence-electron chi connectivity index (χ1n) is 11.4. The van der Waals surface area contributed by atoms with Crippen LogP contribution in [0.1, 0.15) is 23.2 Å². The van der Waals surface area contributed by atoms with Gasteiger partial charge in [-0.05, 0) is 67.4 Å². The molecule has 1 heterocycles. The predicted octanol–water partition coefficient (Wildman–Crippen LogP) is 3.08.